The Morgan fingerprint density at radius 1 is 0.962 bits per heavy atom. The van der Waals surface area contributed by atoms with Crippen LogP contribution in [0.1, 0.15) is 24.2 Å². The summed E-state index contributed by atoms with van der Waals surface area (Å²) in [4.78, 5) is 12.4. The van der Waals surface area contributed by atoms with Gasteiger partial charge in [0.25, 0.3) is 0 Å². The van der Waals surface area contributed by atoms with Crippen molar-refractivity contribution in [1.82, 2.24) is 19.5 Å². The van der Waals surface area contributed by atoms with Crippen LogP contribution in [0.25, 0.3) is 22.6 Å². The van der Waals surface area contributed by atoms with Crippen LogP contribution in [-0.4, -0.2) is 24.6 Å². The van der Waals surface area contributed by atoms with Gasteiger partial charge in [-0.2, -0.15) is 0 Å². The molecule has 0 amide bonds. The van der Waals surface area contributed by atoms with Crippen molar-refractivity contribution in [3.8, 4) is 28.4 Å². The number of imidazole rings is 2. The van der Waals surface area contributed by atoms with Crippen molar-refractivity contribution >= 4 is 0 Å². The Balaban J connectivity index is 1.93. The highest BCUT2D eigenvalue weighted by atomic mass is 16.3. The van der Waals surface area contributed by atoms with E-state index in [4.69, 9.17) is 0 Å². The van der Waals surface area contributed by atoms with Crippen molar-refractivity contribution in [2.24, 2.45) is 0 Å². The lowest BCUT2D eigenvalue weighted by molar-refractivity contribution is 0.457. The standard InChI is InChI=1S/C21H20N4O/c1-14-19(23-12-22-14)21-20(16-8-4-3-5-9-16)24-13-25(21)15(2)17-10-6-7-11-18(17)26/h3-13,15,26H,1-2H3,(H,22,23)/t15-/m1/s1. The number of aromatic amines is 1. The van der Waals surface area contributed by atoms with E-state index in [0.717, 1.165) is 33.9 Å². The van der Waals surface area contributed by atoms with E-state index in [9.17, 15) is 5.11 Å². The molecule has 2 N–H and O–H groups in total. The predicted molar refractivity (Wildman–Crippen MR) is 102 cm³/mol. The molecule has 130 valence electrons. The lowest BCUT2D eigenvalue weighted by Gasteiger charge is -2.18. The van der Waals surface area contributed by atoms with Gasteiger partial charge in [-0.1, -0.05) is 48.5 Å². The number of hydrogen-bond acceptors (Lipinski definition) is 3. The summed E-state index contributed by atoms with van der Waals surface area (Å²) in [5, 5.41) is 10.3. The topological polar surface area (TPSA) is 66.7 Å². The predicted octanol–water partition coefficient (Wildman–Crippen LogP) is 4.56. The van der Waals surface area contributed by atoms with Gasteiger partial charge in [0.15, 0.2) is 0 Å². The summed E-state index contributed by atoms with van der Waals surface area (Å²) in [6.45, 7) is 4.05. The first kappa shape index (κ1) is 16.1. The van der Waals surface area contributed by atoms with E-state index < -0.39 is 0 Å². The number of aromatic nitrogens is 4. The Morgan fingerprint density at radius 3 is 2.38 bits per heavy atom. The molecule has 0 radical (unpaired) electrons. The third kappa shape index (κ3) is 2.67. The third-order valence-corrected chi connectivity index (χ3v) is 4.70. The van der Waals surface area contributed by atoms with Crippen molar-refractivity contribution in [2.75, 3.05) is 0 Å². The number of aryl methyl sites for hydroxylation is 1. The van der Waals surface area contributed by atoms with Crippen LogP contribution < -0.4 is 0 Å². The van der Waals surface area contributed by atoms with Gasteiger partial charge in [-0.05, 0) is 19.9 Å². The Kier molecular flexibility index (Phi) is 4.05. The maximum Gasteiger partial charge on any atom is 0.120 e. The highest BCUT2D eigenvalue weighted by molar-refractivity contribution is 5.78. The van der Waals surface area contributed by atoms with Crippen LogP contribution >= 0.6 is 0 Å². The summed E-state index contributed by atoms with van der Waals surface area (Å²) in [5.41, 5.74) is 5.54. The van der Waals surface area contributed by atoms with Crippen molar-refractivity contribution in [3.05, 3.63) is 78.5 Å². The number of phenols is 1. The first-order valence-electron chi connectivity index (χ1n) is 8.57. The summed E-state index contributed by atoms with van der Waals surface area (Å²) >= 11 is 0. The molecule has 0 aliphatic carbocycles. The molecular formula is C21H20N4O. The largest absolute Gasteiger partial charge is 0.508 e. The van der Waals surface area contributed by atoms with Crippen LogP contribution in [0.4, 0.5) is 0 Å². The lowest BCUT2D eigenvalue weighted by atomic mass is 10.0. The van der Waals surface area contributed by atoms with Gasteiger partial charge in [0, 0.05) is 16.8 Å². The smallest absolute Gasteiger partial charge is 0.120 e. The second-order valence-electron chi connectivity index (χ2n) is 6.33. The first-order chi connectivity index (χ1) is 12.7. The fourth-order valence-corrected chi connectivity index (χ4v) is 3.28. The van der Waals surface area contributed by atoms with Crippen LogP contribution in [0.2, 0.25) is 0 Å². The molecule has 26 heavy (non-hydrogen) atoms. The number of aromatic hydroxyl groups is 1. The molecule has 0 fully saturated rings. The SMILES string of the molecule is Cc1[nH]cnc1-c1c(-c2ccccc2)ncn1[C@H](C)c1ccccc1O. The number of nitrogens with one attached hydrogen (secondary N) is 1. The number of H-pyrrole nitrogens is 1. The number of benzene rings is 2. The average molecular weight is 344 g/mol. The van der Waals surface area contributed by atoms with Crippen molar-refractivity contribution < 1.29 is 5.11 Å². The van der Waals surface area contributed by atoms with E-state index >= 15 is 0 Å². The zero-order valence-electron chi connectivity index (χ0n) is 14.7. The van der Waals surface area contributed by atoms with Crippen LogP contribution in [0.3, 0.4) is 0 Å². The minimum absolute atomic E-state index is 0.0905. The van der Waals surface area contributed by atoms with E-state index in [0.29, 0.717) is 0 Å². The summed E-state index contributed by atoms with van der Waals surface area (Å²) in [6.07, 6.45) is 3.52. The zero-order valence-corrected chi connectivity index (χ0v) is 14.7. The Hall–Kier alpha value is -3.34. The molecule has 0 saturated carbocycles. The normalized spacial score (nSPS) is 12.2. The van der Waals surface area contributed by atoms with Gasteiger partial charge in [-0.3, -0.25) is 0 Å². The molecule has 4 aromatic rings. The van der Waals surface area contributed by atoms with Crippen LogP contribution in [0.15, 0.2) is 67.3 Å². The van der Waals surface area contributed by atoms with Gasteiger partial charge in [-0.25, -0.2) is 9.97 Å². The van der Waals surface area contributed by atoms with Gasteiger partial charge in [0.1, 0.15) is 11.4 Å². The molecule has 2 aromatic heterocycles. The van der Waals surface area contributed by atoms with E-state index in [1.807, 2.05) is 61.8 Å². The Labute approximate surface area is 152 Å². The number of hydrogen-bond donors (Lipinski definition) is 2. The van der Waals surface area contributed by atoms with Gasteiger partial charge < -0.3 is 14.7 Å². The molecule has 0 bridgehead atoms. The molecule has 2 aromatic carbocycles. The maximum absolute atomic E-state index is 10.3. The zero-order chi connectivity index (χ0) is 18.1. The van der Waals surface area contributed by atoms with Crippen LogP contribution in [0.5, 0.6) is 5.75 Å². The minimum atomic E-state index is -0.0905. The molecule has 5 nitrogen and oxygen atoms in total. The fourth-order valence-electron chi connectivity index (χ4n) is 3.28. The Morgan fingerprint density at radius 2 is 1.69 bits per heavy atom. The van der Waals surface area contributed by atoms with Crippen LogP contribution in [-0.2, 0) is 0 Å². The number of para-hydroxylation sites is 1. The summed E-state index contributed by atoms with van der Waals surface area (Å²) < 4.78 is 2.07. The monoisotopic (exact) mass is 344 g/mol. The Bertz CT molecular complexity index is 1030. The van der Waals surface area contributed by atoms with E-state index in [-0.39, 0.29) is 11.8 Å². The van der Waals surface area contributed by atoms with Gasteiger partial charge in [0.2, 0.25) is 0 Å². The molecule has 0 aliphatic rings. The van der Waals surface area contributed by atoms with Crippen molar-refractivity contribution in [2.45, 2.75) is 19.9 Å². The minimum Gasteiger partial charge on any atom is -0.508 e. The molecular weight excluding hydrogens is 324 g/mol. The first-order valence-corrected chi connectivity index (χ1v) is 8.57. The highest BCUT2D eigenvalue weighted by Gasteiger charge is 2.23. The number of nitrogens with zero attached hydrogens (tertiary/aromatic N) is 3. The molecule has 0 spiro atoms. The van der Waals surface area contributed by atoms with E-state index in [1.54, 1.807) is 12.4 Å². The van der Waals surface area contributed by atoms with E-state index in [1.165, 1.54) is 0 Å². The number of phenolic OH excluding ortho intramolecular Hbond substituents is 1. The van der Waals surface area contributed by atoms with Gasteiger partial charge in [0.05, 0.1) is 30.1 Å². The molecule has 5 heteroatoms. The second kappa shape index (κ2) is 6.52. The quantitative estimate of drug-likeness (QED) is 0.570. The summed E-state index contributed by atoms with van der Waals surface area (Å²) in [5.74, 6) is 0.277. The lowest BCUT2D eigenvalue weighted by Crippen LogP contribution is -2.08. The summed E-state index contributed by atoms with van der Waals surface area (Å²) in [7, 11) is 0. The molecule has 1 atom stereocenters. The molecule has 4 rings (SSSR count). The van der Waals surface area contributed by atoms with Crippen molar-refractivity contribution in [3.63, 3.8) is 0 Å². The highest BCUT2D eigenvalue weighted by Crippen LogP contribution is 2.36. The third-order valence-electron chi connectivity index (χ3n) is 4.70. The molecule has 0 saturated heterocycles. The van der Waals surface area contributed by atoms with Gasteiger partial charge in [-0.15, -0.1) is 0 Å². The molecule has 2 heterocycles. The summed E-state index contributed by atoms with van der Waals surface area (Å²) in [6, 6.07) is 17.4. The average Bonchev–Trinajstić information content (AvgIpc) is 3.28. The maximum atomic E-state index is 10.3. The second-order valence-corrected chi connectivity index (χ2v) is 6.33. The molecule has 0 unspecified atom stereocenters. The van der Waals surface area contributed by atoms with Crippen LogP contribution in [0, 0.1) is 6.92 Å². The van der Waals surface area contributed by atoms with E-state index in [2.05, 4.69) is 26.4 Å². The van der Waals surface area contributed by atoms with Crippen molar-refractivity contribution in [1.29, 1.82) is 0 Å². The molecule has 0 aliphatic heterocycles. The fraction of sp³-hybridized carbons (Fsp3) is 0.143. The van der Waals surface area contributed by atoms with Gasteiger partial charge >= 0.3 is 0 Å². The number of rotatable bonds is 4.